The van der Waals surface area contributed by atoms with Crippen LogP contribution in [0, 0.1) is 3.57 Å². The van der Waals surface area contributed by atoms with Crippen molar-refractivity contribution >= 4 is 63.0 Å². The molecule has 0 radical (unpaired) electrons. The highest BCUT2D eigenvalue weighted by atomic mass is 127. The molecule has 0 aliphatic heterocycles. The number of nitrogens with one attached hydrogen (secondary N) is 1. The van der Waals surface area contributed by atoms with Gasteiger partial charge in [-0.15, -0.1) is 0 Å². The Morgan fingerprint density at radius 3 is 3.11 bits per heavy atom. The van der Waals surface area contributed by atoms with E-state index in [0.29, 0.717) is 16.8 Å². The molecule has 0 amide bonds. The quantitative estimate of drug-likeness (QED) is 0.488. The predicted molar refractivity (Wildman–Crippen MR) is 81.2 cm³/mol. The van der Waals surface area contributed by atoms with Gasteiger partial charge in [-0.25, -0.2) is 4.98 Å². The van der Waals surface area contributed by atoms with Crippen molar-refractivity contribution in [2.75, 3.05) is 12.4 Å². The molecule has 0 saturated carbocycles. The van der Waals surface area contributed by atoms with Crippen LogP contribution >= 0.6 is 46.0 Å². The van der Waals surface area contributed by atoms with E-state index >= 15 is 0 Å². The topological polar surface area (TPSA) is 55.0 Å². The first-order chi connectivity index (χ1) is 8.60. The lowest BCUT2D eigenvalue weighted by Crippen LogP contribution is -2.06. The van der Waals surface area contributed by atoms with Crippen molar-refractivity contribution in [3.8, 4) is 0 Å². The minimum atomic E-state index is -0.240. The fourth-order valence-corrected chi connectivity index (χ4v) is 2.68. The van der Waals surface area contributed by atoms with E-state index in [1.54, 1.807) is 6.92 Å². The molecule has 1 aromatic carbocycles. The number of benzene rings is 1. The third-order valence-corrected chi connectivity index (χ3v) is 4.51. The van der Waals surface area contributed by atoms with Crippen molar-refractivity contribution in [3.63, 3.8) is 0 Å². The summed E-state index contributed by atoms with van der Waals surface area (Å²) in [4.78, 5) is 18.7. The molecular weight excluding hydrogens is 387 g/mol. The van der Waals surface area contributed by atoms with E-state index in [0.717, 1.165) is 14.6 Å². The Hall–Kier alpha value is -0.470. The molecule has 2 aromatic rings. The maximum atomic E-state index is 11.2. The number of imidazole rings is 1. The number of esters is 1. The Kier molecular flexibility index (Phi) is 4.74. The van der Waals surface area contributed by atoms with Gasteiger partial charge < -0.3 is 9.72 Å². The number of fused-ring (bicyclic) bond motifs is 1. The van der Waals surface area contributed by atoms with Crippen molar-refractivity contribution < 1.29 is 9.53 Å². The molecule has 0 unspecified atom stereocenters. The number of rotatable bonds is 4. The molecule has 18 heavy (non-hydrogen) atoms. The summed E-state index contributed by atoms with van der Waals surface area (Å²) >= 11 is 9.51. The maximum absolute atomic E-state index is 11.2. The second-order valence-corrected chi connectivity index (χ2v) is 5.95. The van der Waals surface area contributed by atoms with E-state index in [2.05, 4.69) is 32.6 Å². The van der Waals surface area contributed by atoms with Gasteiger partial charge in [0.2, 0.25) is 0 Å². The minimum absolute atomic E-state index is 0.240. The normalized spacial score (nSPS) is 10.8. The monoisotopic (exact) mass is 396 g/mol. The first-order valence-electron chi connectivity index (χ1n) is 5.23. The molecule has 1 aromatic heterocycles. The second-order valence-electron chi connectivity index (χ2n) is 3.42. The van der Waals surface area contributed by atoms with E-state index in [4.69, 9.17) is 16.3 Å². The van der Waals surface area contributed by atoms with Crippen molar-refractivity contribution in [2.45, 2.75) is 12.1 Å². The SMILES string of the molecule is CCOC(=O)CSc1nc2cc(I)c(Cl)cc2[nH]1. The number of hydrogen-bond donors (Lipinski definition) is 1. The Morgan fingerprint density at radius 1 is 1.61 bits per heavy atom. The summed E-state index contributed by atoms with van der Waals surface area (Å²) in [5.41, 5.74) is 1.71. The maximum Gasteiger partial charge on any atom is 0.316 e. The summed E-state index contributed by atoms with van der Waals surface area (Å²) in [7, 11) is 0. The molecule has 0 atom stereocenters. The molecule has 0 spiro atoms. The fraction of sp³-hybridized carbons (Fsp3) is 0.273. The van der Waals surface area contributed by atoms with Gasteiger partial charge in [-0.2, -0.15) is 0 Å². The standard InChI is InChI=1S/C11H10ClIN2O2S/c1-2-17-10(16)5-18-11-14-8-3-6(12)7(13)4-9(8)15-11/h3-4H,2,5H2,1H3,(H,14,15). The van der Waals surface area contributed by atoms with Crippen molar-refractivity contribution in [2.24, 2.45) is 0 Å². The van der Waals surface area contributed by atoms with Crippen LogP contribution in [0.15, 0.2) is 17.3 Å². The van der Waals surface area contributed by atoms with E-state index in [-0.39, 0.29) is 11.7 Å². The third kappa shape index (κ3) is 3.30. The number of carbonyl (C=O) groups is 1. The molecule has 0 fully saturated rings. The average molecular weight is 397 g/mol. The van der Waals surface area contributed by atoms with Gasteiger partial charge in [0.05, 0.1) is 28.4 Å². The molecule has 0 bridgehead atoms. The summed E-state index contributed by atoms with van der Waals surface area (Å²) < 4.78 is 5.81. The summed E-state index contributed by atoms with van der Waals surface area (Å²) in [5.74, 6) is 0.00828. The van der Waals surface area contributed by atoms with Crippen molar-refractivity contribution in [1.29, 1.82) is 0 Å². The Balaban J connectivity index is 2.13. The lowest BCUT2D eigenvalue weighted by molar-refractivity contribution is -0.139. The number of ether oxygens (including phenoxy) is 1. The number of thioether (sulfide) groups is 1. The molecular formula is C11H10ClIN2O2S. The molecule has 1 N–H and O–H groups in total. The number of halogens is 2. The number of aromatic nitrogens is 2. The van der Waals surface area contributed by atoms with Crippen LogP contribution in [0.5, 0.6) is 0 Å². The van der Waals surface area contributed by atoms with E-state index < -0.39 is 0 Å². The highest BCUT2D eigenvalue weighted by Crippen LogP contribution is 2.26. The van der Waals surface area contributed by atoms with Crippen molar-refractivity contribution in [1.82, 2.24) is 9.97 Å². The van der Waals surface area contributed by atoms with E-state index in [1.165, 1.54) is 11.8 Å². The Morgan fingerprint density at radius 2 is 2.39 bits per heavy atom. The summed E-state index contributed by atoms with van der Waals surface area (Å²) in [6.07, 6.45) is 0. The highest BCUT2D eigenvalue weighted by Gasteiger charge is 2.09. The number of carbonyl (C=O) groups excluding carboxylic acids is 1. The number of aromatic amines is 1. The predicted octanol–water partition coefficient (Wildman–Crippen LogP) is 3.48. The second kappa shape index (κ2) is 6.12. The Bertz CT molecular complexity index is 549. The molecule has 96 valence electrons. The zero-order valence-electron chi connectivity index (χ0n) is 9.50. The van der Waals surface area contributed by atoms with Crippen LogP contribution < -0.4 is 0 Å². The summed E-state index contributed by atoms with van der Waals surface area (Å²) in [5, 5.41) is 1.38. The lowest BCUT2D eigenvalue weighted by Gasteiger charge is -1.98. The van der Waals surface area contributed by atoms with Crippen LogP contribution in [0.4, 0.5) is 0 Å². The fourth-order valence-electron chi connectivity index (χ4n) is 1.38. The lowest BCUT2D eigenvalue weighted by atomic mass is 10.3. The summed E-state index contributed by atoms with van der Waals surface area (Å²) in [6.45, 7) is 2.18. The van der Waals surface area contributed by atoms with Gasteiger partial charge in [-0.1, -0.05) is 23.4 Å². The molecule has 7 heteroatoms. The molecule has 2 rings (SSSR count). The van der Waals surface area contributed by atoms with E-state index in [1.807, 2.05) is 12.1 Å². The zero-order chi connectivity index (χ0) is 13.1. The molecule has 1 heterocycles. The third-order valence-electron chi connectivity index (χ3n) is 2.13. The molecule has 0 aliphatic rings. The van der Waals surface area contributed by atoms with Gasteiger partial charge in [-0.05, 0) is 41.6 Å². The van der Waals surface area contributed by atoms with Gasteiger partial charge in [0, 0.05) is 3.57 Å². The Labute approximate surface area is 127 Å². The summed E-state index contributed by atoms with van der Waals surface area (Å²) in [6, 6.07) is 3.74. The van der Waals surface area contributed by atoms with Crippen LogP contribution in [0.1, 0.15) is 6.92 Å². The largest absolute Gasteiger partial charge is 0.465 e. The van der Waals surface area contributed by atoms with Crippen molar-refractivity contribution in [3.05, 3.63) is 20.7 Å². The minimum Gasteiger partial charge on any atom is -0.465 e. The number of nitrogens with zero attached hydrogens (tertiary/aromatic N) is 1. The van der Waals surface area contributed by atoms with Gasteiger partial charge >= 0.3 is 5.97 Å². The average Bonchev–Trinajstić information content (AvgIpc) is 2.69. The van der Waals surface area contributed by atoms with Gasteiger partial charge in [0.25, 0.3) is 0 Å². The van der Waals surface area contributed by atoms with Crippen LogP contribution in [0.2, 0.25) is 5.02 Å². The molecule has 4 nitrogen and oxygen atoms in total. The number of H-pyrrole nitrogens is 1. The first kappa shape index (κ1) is 14.0. The molecule has 0 saturated heterocycles. The van der Waals surface area contributed by atoms with E-state index in [9.17, 15) is 4.79 Å². The highest BCUT2D eigenvalue weighted by molar-refractivity contribution is 14.1. The van der Waals surface area contributed by atoms with Crippen LogP contribution in [-0.4, -0.2) is 28.3 Å². The first-order valence-corrected chi connectivity index (χ1v) is 7.67. The van der Waals surface area contributed by atoms with Crippen LogP contribution in [0.3, 0.4) is 0 Å². The van der Waals surface area contributed by atoms with Gasteiger partial charge in [0.1, 0.15) is 0 Å². The van der Waals surface area contributed by atoms with Crippen LogP contribution in [0.25, 0.3) is 11.0 Å². The van der Waals surface area contributed by atoms with Gasteiger partial charge in [0.15, 0.2) is 5.16 Å². The zero-order valence-corrected chi connectivity index (χ0v) is 13.2. The number of hydrogen-bond acceptors (Lipinski definition) is 4. The smallest absolute Gasteiger partial charge is 0.316 e. The van der Waals surface area contributed by atoms with Crippen LogP contribution in [-0.2, 0) is 9.53 Å². The molecule has 0 aliphatic carbocycles. The van der Waals surface area contributed by atoms with Gasteiger partial charge in [-0.3, -0.25) is 4.79 Å².